The molecule has 0 spiro atoms. The maximum absolute atomic E-state index is 12.2. The minimum absolute atomic E-state index is 0.0861. The number of nitrogens with two attached hydrogens (primary N) is 1. The molecule has 19 heavy (non-hydrogen) atoms. The number of carbonyl (C=O) groups is 1. The molecule has 0 aliphatic heterocycles. The van der Waals surface area contributed by atoms with Crippen molar-refractivity contribution >= 4 is 23.2 Å². The summed E-state index contributed by atoms with van der Waals surface area (Å²) in [7, 11) is 0. The number of hydrogen-bond donors (Lipinski definition) is 2. The number of halogens is 1. The highest BCUT2D eigenvalue weighted by Crippen LogP contribution is 2.30. The molecular weight excluding hydrogens is 260 g/mol. The highest BCUT2D eigenvalue weighted by Gasteiger charge is 2.25. The number of anilines is 1. The van der Waals surface area contributed by atoms with Gasteiger partial charge in [-0.15, -0.1) is 0 Å². The molecule has 1 aromatic carbocycles. The molecule has 1 amide bonds. The van der Waals surface area contributed by atoms with Crippen LogP contribution in [-0.2, 0) is 4.79 Å². The molecule has 1 fully saturated rings. The van der Waals surface area contributed by atoms with Crippen molar-refractivity contribution in [1.82, 2.24) is 0 Å². The summed E-state index contributed by atoms with van der Waals surface area (Å²) in [5, 5.41) is 3.54. The number of rotatable bonds is 3. The Morgan fingerprint density at radius 3 is 2.68 bits per heavy atom. The maximum Gasteiger partial charge on any atom is 0.227 e. The van der Waals surface area contributed by atoms with Crippen LogP contribution in [0, 0.1) is 18.8 Å². The van der Waals surface area contributed by atoms with E-state index in [1.54, 1.807) is 0 Å². The van der Waals surface area contributed by atoms with Crippen molar-refractivity contribution < 1.29 is 4.79 Å². The van der Waals surface area contributed by atoms with Crippen LogP contribution in [0.15, 0.2) is 18.2 Å². The van der Waals surface area contributed by atoms with Crippen molar-refractivity contribution in [1.29, 1.82) is 0 Å². The lowest BCUT2D eigenvalue weighted by Crippen LogP contribution is -2.29. The van der Waals surface area contributed by atoms with Crippen LogP contribution in [0.3, 0.4) is 0 Å². The van der Waals surface area contributed by atoms with Crippen molar-refractivity contribution in [2.45, 2.75) is 32.6 Å². The quantitative estimate of drug-likeness (QED) is 0.892. The molecule has 104 valence electrons. The van der Waals surface area contributed by atoms with Gasteiger partial charge in [-0.25, -0.2) is 0 Å². The fraction of sp³-hybridized carbons (Fsp3) is 0.533. The van der Waals surface area contributed by atoms with Crippen LogP contribution < -0.4 is 11.1 Å². The summed E-state index contributed by atoms with van der Waals surface area (Å²) >= 11 is 6.09. The van der Waals surface area contributed by atoms with E-state index in [1.165, 1.54) is 0 Å². The molecule has 0 atom stereocenters. The molecule has 0 saturated heterocycles. The van der Waals surface area contributed by atoms with Gasteiger partial charge in [-0.05, 0) is 62.8 Å². The fourth-order valence-corrected chi connectivity index (χ4v) is 2.79. The lowest BCUT2D eigenvalue weighted by atomic mass is 9.81. The Bertz CT molecular complexity index is 453. The van der Waals surface area contributed by atoms with Gasteiger partial charge in [-0.1, -0.05) is 17.7 Å². The van der Waals surface area contributed by atoms with Crippen molar-refractivity contribution in [3.8, 4) is 0 Å². The van der Waals surface area contributed by atoms with E-state index in [0.29, 0.717) is 16.6 Å². The molecule has 0 unspecified atom stereocenters. The molecule has 1 aliphatic rings. The van der Waals surface area contributed by atoms with E-state index in [2.05, 4.69) is 5.32 Å². The zero-order valence-corrected chi connectivity index (χ0v) is 12.0. The van der Waals surface area contributed by atoms with Gasteiger partial charge < -0.3 is 11.1 Å². The van der Waals surface area contributed by atoms with Crippen LogP contribution in [0.5, 0.6) is 0 Å². The smallest absolute Gasteiger partial charge is 0.227 e. The summed E-state index contributed by atoms with van der Waals surface area (Å²) in [4.78, 5) is 12.2. The van der Waals surface area contributed by atoms with Crippen molar-refractivity contribution in [3.63, 3.8) is 0 Å². The molecule has 0 heterocycles. The zero-order valence-electron chi connectivity index (χ0n) is 11.3. The number of benzene rings is 1. The van der Waals surface area contributed by atoms with E-state index in [9.17, 15) is 4.79 Å². The SMILES string of the molecule is Cc1ccc(Cl)c(NC(=O)C2CCC(CN)CC2)c1. The Morgan fingerprint density at radius 1 is 1.37 bits per heavy atom. The summed E-state index contributed by atoms with van der Waals surface area (Å²) in [6.45, 7) is 2.72. The average Bonchev–Trinajstić information content (AvgIpc) is 2.43. The van der Waals surface area contributed by atoms with Gasteiger partial charge in [0.05, 0.1) is 10.7 Å². The summed E-state index contributed by atoms with van der Waals surface area (Å²) in [6.07, 6.45) is 3.96. The predicted octanol–water partition coefficient (Wildman–Crippen LogP) is 3.35. The first-order chi connectivity index (χ1) is 9.10. The summed E-state index contributed by atoms with van der Waals surface area (Å²) in [6, 6.07) is 5.66. The third-order valence-electron chi connectivity index (χ3n) is 3.93. The van der Waals surface area contributed by atoms with Gasteiger partial charge in [-0.2, -0.15) is 0 Å². The second-order valence-electron chi connectivity index (χ2n) is 5.43. The predicted molar refractivity (Wildman–Crippen MR) is 79.3 cm³/mol. The highest BCUT2D eigenvalue weighted by atomic mass is 35.5. The summed E-state index contributed by atoms with van der Waals surface area (Å²) < 4.78 is 0. The van der Waals surface area contributed by atoms with Crippen LogP contribution in [0.2, 0.25) is 5.02 Å². The van der Waals surface area contributed by atoms with Crippen LogP contribution in [0.1, 0.15) is 31.2 Å². The Hall–Kier alpha value is -1.06. The molecule has 1 saturated carbocycles. The van der Waals surface area contributed by atoms with Gasteiger partial charge in [-0.3, -0.25) is 4.79 Å². The average molecular weight is 281 g/mol. The van der Waals surface area contributed by atoms with Crippen molar-refractivity contribution in [2.75, 3.05) is 11.9 Å². The molecule has 4 heteroatoms. The molecule has 0 radical (unpaired) electrons. The van der Waals surface area contributed by atoms with E-state index in [0.717, 1.165) is 37.8 Å². The Kier molecular flexibility index (Phi) is 4.83. The van der Waals surface area contributed by atoms with E-state index in [4.69, 9.17) is 17.3 Å². The minimum atomic E-state index is 0.0861. The van der Waals surface area contributed by atoms with Crippen LogP contribution in [0.25, 0.3) is 0 Å². The molecule has 2 rings (SSSR count). The molecular formula is C15H21ClN2O. The van der Waals surface area contributed by atoms with Gasteiger partial charge >= 0.3 is 0 Å². The lowest BCUT2D eigenvalue weighted by Gasteiger charge is -2.26. The first-order valence-corrected chi connectivity index (χ1v) is 7.25. The van der Waals surface area contributed by atoms with Crippen LogP contribution in [0.4, 0.5) is 5.69 Å². The van der Waals surface area contributed by atoms with Gasteiger partial charge in [0, 0.05) is 5.92 Å². The first-order valence-electron chi connectivity index (χ1n) is 6.87. The number of amides is 1. The van der Waals surface area contributed by atoms with Crippen LogP contribution in [-0.4, -0.2) is 12.5 Å². The number of hydrogen-bond acceptors (Lipinski definition) is 2. The fourth-order valence-electron chi connectivity index (χ4n) is 2.63. The number of nitrogens with one attached hydrogen (secondary N) is 1. The third kappa shape index (κ3) is 3.71. The number of carbonyl (C=O) groups excluding carboxylic acids is 1. The molecule has 3 nitrogen and oxygen atoms in total. The van der Waals surface area contributed by atoms with E-state index in [-0.39, 0.29) is 11.8 Å². The monoisotopic (exact) mass is 280 g/mol. The standard InChI is InChI=1S/C15H21ClN2O/c1-10-2-7-13(16)14(8-10)18-15(19)12-5-3-11(9-17)4-6-12/h2,7-8,11-12H,3-6,9,17H2,1H3,(H,18,19). The minimum Gasteiger partial charge on any atom is -0.330 e. The molecule has 0 bridgehead atoms. The second kappa shape index (κ2) is 6.40. The maximum atomic E-state index is 12.2. The summed E-state index contributed by atoms with van der Waals surface area (Å²) in [5.41, 5.74) is 7.47. The van der Waals surface area contributed by atoms with Crippen molar-refractivity contribution in [3.05, 3.63) is 28.8 Å². The molecule has 1 aliphatic carbocycles. The summed E-state index contributed by atoms with van der Waals surface area (Å²) in [5.74, 6) is 0.772. The Labute approximate surface area is 119 Å². The molecule has 0 aromatic heterocycles. The van der Waals surface area contributed by atoms with Gasteiger partial charge in [0.2, 0.25) is 5.91 Å². The number of aryl methyl sites for hydroxylation is 1. The van der Waals surface area contributed by atoms with Gasteiger partial charge in [0.1, 0.15) is 0 Å². The second-order valence-corrected chi connectivity index (χ2v) is 5.83. The topological polar surface area (TPSA) is 55.1 Å². The van der Waals surface area contributed by atoms with Gasteiger partial charge in [0.15, 0.2) is 0 Å². The van der Waals surface area contributed by atoms with E-state index in [1.807, 2.05) is 25.1 Å². The molecule has 1 aromatic rings. The van der Waals surface area contributed by atoms with Gasteiger partial charge in [0.25, 0.3) is 0 Å². The Morgan fingerprint density at radius 2 is 2.05 bits per heavy atom. The highest BCUT2D eigenvalue weighted by molar-refractivity contribution is 6.33. The lowest BCUT2D eigenvalue weighted by molar-refractivity contribution is -0.121. The zero-order chi connectivity index (χ0) is 13.8. The van der Waals surface area contributed by atoms with Crippen molar-refractivity contribution in [2.24, 2.45) is 17.6 Å². The van der Waals surface area contributed by atoms with E-state index >= 15 is 0 Å². The normalized spacial score (nSPS) is 23.1. The third-order valence-corrected chi connectivity index (χ3v) is 4.26. The largest absolute Gasteiger partial charge is 0.330 e. The first kappa shape index (κ1) is 14.4. The van der Waals surface area contributed by atoms with Crippen LogP contribution >= 0.6 is 11.6 Å². The Balaban J connectivity index is 1.96. The molecule has 3 N–H and O–H groups in total. The van der Waals surface area contributed by atoms with E-state index < -0.39 is 0 Å².